The van der Waals surface area contributed by atoms with Gasteiger partial charge in [0.15, 0.2) is 18.0 Å². The highest BCUT2D eigenvalue weighted by molar-refractivity contribution is 5.89. The number of alkyl carbamates (subject to hydrolysis) is 1. The van der Waals surface area contributed by atoms with Gasteiger partial charge >= 0.3 is 24.0 Å². The fourth-order valence-electron chi connectivity index (χ4n) is 11.4. The summed E-state index contributed by atoms with van der Waals surface area (Å²) in [5.74, 6) is -3.38. The van der Waals surface area contributed by atoms with Gasteiger partial charge < -0.3 is 53.4 Å². The normalized spacial score (nSPS) is 35.0. The Morgan fingerprint density at radius 1 is 1.00 bits per heavy atom. The van der Waals surface area contributed by atoms with E-state index in [0.29, 0.717) is 56.8 Å². The number of carbonyl (C=O) groups excluding carboxylic acids is 4. The van der Waals surface area contributed by atoms with Crippen molar-refractivity contribution in [2.45, 2.75) is 140 Å². The first-order chi connectivity index (χ1) is 30.7. The summed E-state index contributed by atoms with van der Waals surface area (Å²) in [7, 11) is 0. The second-order valence-electron chi connectivity index (χ2n) is 20.1. The molecule has 0 radical (unpaired) electrons. The van der Waals surface area contributed by atoms with Crippen molar-refractivity contribution < 1.29 is 67.3 Å². The maximum absolute atomic E-state index is 14.5. The summed E-state index contributed by atoms with van der Waals surface area (Å²) in [5.41, 5.74) is -5.12. The number of aromatic nitrogens is 1. The lowest BCUT2D eigenvalue weighted by atomic mass is 9.45. The van der Waals surface area contributed by atoms with Crippen molar-refractivity contribution in [2.75, 3.05) is 39.5 Å². The molecule has 1 aromatic heterocycles. The third-order valence-corrected chi connectivity index (χ3v) is 14.6. The summed E-state index contributed by atoms with van der Waals surface area (Å²) >= 11 is 0. The number of fused-ring (bicyclic) bond motifs is 8. The minimum atomic E-state index is -2.08. The van der Waals surface area contributed by atoms with Crippen LogP contribution in [0, 0.1) is 16.7 Å². The SMILES string of the molecule is CC(=O)O[C@@]12CO[C@@H]1CC[C@@]1(C)[C@@H]3O[C@H](CN4CCOCC4)O[C@@H]3C3=C(C)[C@@H](OC(=O)[C@H](O)[C@@H](NC(=O)OC(C)(C)C)c4ccccn4)C[C@@](O)([C@@H](OC(=O)c4ccccc4)[C@@H]12)C3(C)C. The fraction of sp³-hybridized carbons (Fsp3) is 0.646. The first-order valence-electron chi connectivity index (χ1n) is 22.6. The van der Waals surface area contributed by atoms with E-state index in [-0.39, 0.29) is 24.3 Å². The van der Waals surface area contributed by atoms with Crippen LogP contribution in [0.5, 0.6) is 0 Å². The third kappa shape index (κ3) is 8.57. The number of nitrogens with one attached hydrogen (secondary N) is 1. The quantitative estimate of drug-likeness (QED) is 0.173. The average Bonchev–Trinajstić information content (AvgIpc) is 3.66. The van der Waals surface area contributed by atoms with Gasteiger partial charge in [0.25, 0.3) is 0 Å². The molecule has 8 rings (SSSR count). The Kier molecular flexibility index (Phi) is 12.7. The monoisotopic (exact) mass is 905 g/mol. The van der Waals surface area contributed by atoms with Gasteiger partial charge in [-0.15, -0.1) is 0 Å². The lowest BCUT2D eigenvalue weighted by Crippen LogP contribution is -2.79. The van der Waals surface area contributed by atoms with Crippen molar-refractivity contribution in [2.24, 2.45) is 16.7 Å². The predicted octanol–water partition coefficient (Wildman–Crippen LogP) is 4.20. The fourth-order valence-corrected chi connectivity index (χ4v) is 11.4. The van der Waals surface area contributed by atoms with E-state index >= 15 is 0 Å². The van der Waals surface area contributed by atoms with E-state index in [1.54, 1.807) is 76.2 Å². The molecule has 3 aliphatic heterocycles. The topological polar surface area (TPSA) is 211 Å². The molecule has 2 bridgehead atoms. The van der Waals surface area contributed by atoms with Gasteiger partial charge in [-0.05, 0) is 75.9 Å². The molecule has 0 spiro atoms. The van der Waals surface area contributed by atoms with Crippen molar-refractivity contribution in [3.05, 3.63) is 77.1 Å². The highest BCUT2D eigenvalue weighted by atomic mass is 16.7. The van der Waals surface area contributed by atoms with Crippen LogP contribution in [0.15, 0.2) is 65.9 Å². The molecule has 1 amide bonds. The number of nitrogens with zero attached hydrogens (tertiary/aromatic N) is 2. The van der Waals surface area contributed by atoms with Crippen LogP contribution in [0.4, 0.5) is 4.79 Å². The van der Waals surface area contributed by atoms with Crippen molar-refractivity contribution in [3.8, 4) is 0 Å². The molecule has 2 aromatic rings. The van der Waals surface area contributed by atoms with Gasteiger partial charge in [0.1, 0.15) is 41.7 Å². The Bertz CT molecular complexity index is 2140. The van der Waals surface area contributed by atoms with E-state index in [2.05, 4.69) is 15.2 Å². The molecule has 65 heavy (non-hydrogen) atoms. The molecular formula is C48H63N3O14. The summed E-state index contributed by atoms with van der Waals surface area (Å²) in [6, 6.07) is 11.9. The molecule has 3 aliphatic carbocycles. The van der Waals surface area contributed by atoms with E-state index < -0.39 is 107 Å². The van der Waals surface area contributed by atoms with Gasteiger partial charge in [0.05, 0.1) is 43.1 Å². The van der Waals surface area contributed by atoms with Gasteiger partial charge in [0.2, 0.25) is 0 Å². The largest absolute Gasteiger partial charge is 0.456 e. The number of pyridine rings is 1. The predicted molar refractivity (Wildman–Crippen MR) is 230 cm³/mol. The summed E-state index contributed by atoms with van der Waals surface area (Å²) < 4.78 is 50.8. The smallest absolute Gasteiger partial charge is 0.408 e. The number of aliphatic hydroxyl groups excluding tert-OH is 1. The number of esters is 3. The van der Waals surface area contributed by atoms with Crippen LogP contribution in [0.1, 0.15) is 96.7 Å². The van der Waals surface area contributed by atoms with Crippen LogP contribution in [0.25, 0.3) is 0 Å². The molecule has 3 saturated heterocycles. The molecule has 4 heterocycles. The number of benzene rings is 1. The molecule has 1 aromatic carbocycles. The molecule has 0 unspecified atom stereocenters. The van der Waals surface area contributed by atoms with E-state index in [0.717, 1.165) is 0 Å². The standard InChI is InChI=1S/C48H63N3O14/c1-27-31(60-42(55)36(53)35(30-16-12-13-19-49-30)50-43(56)65-44(3,4)5)24-48(57)40(63-41(54)29-14-10-9-11-15-29)38-46(8,18-17-32-47(38,26-59-32)64-28(2)52)39-37(34(27)45(48,6)7)61-33(62-39)25-51-20-22-58-23-21-51/h9-16,19,31-33,35-40,53,57H,17-18,20-26H2,1-8H3,(H,50,56)/t31-,32+,33+,35-,36+,37+,38-,39+,40-,46+,47-,48+/m0/s1. The number of aliphatic hydroxyl groups is 2. The number of rotatable bonds is 10. The van der Waals surface area contributed by atoms with Crippen LogP contribution in [-0.2, 0) is 47.5 Å². The summed E-state index contributed by atoms with van der Waals surface area (Å²) in [4.78, 5) is 61.8. The van der Waals surface area contributed by atoms with Crippen molar-refractivity contribution in [1.82, 2.24) is 15.2 Å². The first kappa shape index (κ1) is 47.0. The summed E-state index contributed by atoms with van der Waals surface area (Å²) in [6.45, 7) is 16.7. The zero-order valence-electron chi connectivity index (χ0n) is 38.4. The lowest BCUT2D eigenvalue weighted by Gasteiger charge is -2.68. The van der Waals surface area contributed by atoms with Crippen molar-refractivity contribution in [1.29, 1.82) is 0 Å². The number of hydrogen-bond acceptors (Lipinski definition) is 16. The molecule has 17 heteroatoms. The Hall–Kier alpha value is -4.49. The van der Waals surface area contributed by atoms with E-state index in [9.17, 15) is 29.4 Å². The molecule has 3 N–H and O–H groups in total. The van der Waals surface area contributed by atoms with E-state index in [4.69, 9.17) is 37.9 Å². The second kappa shape index (κ2) is 17.6. The Morgan fingerprint density at radius 2 is 1.71 bits per heavy atom. The Balaban J connectivity index is 1.26. The van der Waals surface area contributed by atoms with Gasteiger partial charge in [0, 0.05) is 50.0 Å². The highest BCUT2D eigenvalue weighted by Crippen LogP contribution is 2.66. The van der Waals surface area contributed by atoms with Crippen LogP contribution in [0.3, 0.4) is 0 Å². The summed E-state index contributed by atoms with van der Waals surface area (Å²) in [6.07, 6.45) is -6.45. The first-order valence-corrected chi connectivity index (χ1v) is 22.6. The van der Waals surface area contributed by atoms with E-state index in [1.807, 2.05) is 20.8 Å². The molecule has 354 valence electrons. The molecule has 6 aliphatic rings. The van der Waals surface area contributed by atoms with E-state index in [1.165, 1.54) is 13.1 Å². The maximum atomic E-state index is 14.5. The zero-order valence-corrected chi connectivity index (χ0v) is 38.4. The molecule has 12 atom stereocenters. The average molecular weight is 906 g/mol. The third-order valence-electron chi connectivity index (χ3n) is 14.6. The van der Waals surface area contributed by atoms with Gasteiger partial charge in [-0.3, -0.25) is 14.7 Å². The number of morpholine rings is 1. The second-order valence-corrected chi connectivity index (χ2v) is 20.1. The molecular weight excluding hydrogens is 843 g/mol. The van der Waals surface area contributed by atoms with Crippen LogP contribution >= 0.6 is 0 Å². The molecule has 2 saturated carbocycles. The Morgan fingerprint density at radius 3 is 2.34 bits per heavy atom. The molecule has 17 nitrogen and oxygen atoms in total. The minimum absolute atomic E-state index is 0.0330. The van der Waals surface area contributed by atoms with Gasteiger partial charge in [-0.2, -0.15) is 0 Å². The van der Waals surface area contributed by atoms with Crippen molar-refractivity contribution in [3.63, 3.8) is 0 Å². The maximum Gasteiger partial charge on any atom is 0.408 e. The van der Waals surface area contributed by atoms with Gasteiger partial charge in [-0.25, -0.2) is 14.4 Å². The number of ether oxygens (including phenoxy) is 8. The lowest BCUT2D eigenvalue weighted by molar-refractivity contribution is -0.345. The van der Waals surface area contributed by atoms with Crippen molar-refractivity contribution >= 4 is 24.0 Å². The van der Waals surface area contributed by atoms with Crippen LogP contribution in [-0.4, -0.2) is 143 Å². The van der Waals surface area contributed by atoms with Crippen LogP contribution in [0.2, 0.25) is 0 Å². The van der Waals surface area contributed by atoms with Gasteiger partial charge in [-0.1, -0.05) is 45.0 Å². The zero-order chi connectivity index (χ0) is 46.7. The number of hydrogen-bond donors (Lipinski definition) is 3. The number of amides is 1. The number of carbonyl (C=O) groups is 4. The Labute approximate surface area is 379 Å². The molecule has 5 fully saturated rings. The van der Waals surface area contributed by atoms with Crippen LogP contribution < -0.4 is 5.32 Å². The minimum Gasteiger partial charge on any atom is -0.456 e. The summed E-state index contributed by atoms with van der Waals surface area (Å²) in [5, 5.41) is 28.4. The highest BCUT2D eigenvalue weighted by Gasteiger charge is 2.77.